The van der Waals surface area contributed by atoms with E-state index in [4.69, 9.17) is 0 Å². The van der Waals surface area contributed by atoms with E-state index in [0.29, 0.717) is 10.6 Å². The van der Waals surface area contributed by atoms with Crippen molar-refractivity contribution < 1.29 is 22.4 Å². The van der Waals surface area contributed by atoms with Crippen molar-refractivity contribution in [3.8, 4) is 0 Å². The Balaban J connectivity index is 2.22. The Kier molecular flexibility index (Phi) is 6.61. The zero-order valence-corrected chi connectivity index (χ0v) is 16.6. The van der Waals surface area contributed by atoms with Gasteiger partial charge in [-0.15, -0.1) is 0 Å². The maximum Gasteiger partial charge on any atom is 0.286 e. The van der Waals surface area contributed by atoms with Crippen molar-refractivity contribution in [2.75, 3.05) is 19.4 Å². The molecule has 6 nitrogen and oxygen atoms in total. The summed E-state index contributed by atoms with van der Waals surface area (Å²) in [6.07, 6.45) is 0. The monoisotopic (exact) mass is 410 g/mol. The molecule has 0 aliphatic heterocycles. The summed E-state index contributed by atoms with van der Waals surface area (Å²) in [5, 5.41) is 0.928. The van der Waals surface area contributed by atoms with Crippen LogP contribution in [0, 0.1) is 5.82 Å². The highest BCUT2D eigenvalue weighted by molar-refractivity contribution is 8.13. The Bertz CT molecular complexity index is 944. The number of carbonyl (C=O) groups is 2. The van der Waals surface area contributed by atoms with Crippen LogP contribution >= 0.6 is 11.8 Å². The topological polar surface area (TPSA) is 83.6 Å². The molecule has 0 fully saturated rings. The second-order valence-corrected chi connectivity index (χ2v) is 9.15. The summed E-state index contributed by atoms with van der Waals surface area (Å²) in [5.41, 5.74) is 0.337. The summed E-state index contributed by atoms with van der Waals surface area (Å²) in [4.78, 5) is 26.2. The van der Waals surface area contributed by atoms with Crippen LogP contribution in [0.15, 0.2) is 58.3 Å². The van der Waals surface area contributed by atoms with Gasteiger partial charge < -0.3 is 10.2 Å². The molecule has 0 bridgehead atoms. The van der Waals surface area contributed by atoms with Crippen molar-refractivity contribution >= 4 is 38.4 Å². The lowest BCUT2D eigenvalue weighted by atomic mass is 10.3. The number of rotatable bonds is 5. The molecule has 0 heterocycles. The smallest absolute Gasteiger partial charge is 0.286 e. The summed E-state index contributed by atoms with van der Waals surface area (Å²) >= 11 is 0.919. The van der Waals surface area contributed by atoms with E-state index in [0.717, 1.165) is 36.0 Å². The minimum absolute atomic E-state index is 0.142. The highest BCUT2D eigenvalue weighted by Crippen LogP contribution is 2.29. The van der Waals surface area contributed by atoms with E-state index in [2.05, 4.69) is 5.32 Å². The largest absolute Gasteiger partial charge is 0.339 e. The van der Waals surface area contributed by atoms with Crippen LogP contribution in [0.4, 0.5) is 14.9 Å². The lowest BCUT2D eigenvalue weighted by Gasteiger charge is -2.16. The highest BCUT2D eigenvalue weighted by Gasteiger charge is 2.30. The van der Waals surface area contributed by atoms with Crippen LogP contribution in [0.1, 0.15) is 6.92 Å². The lowest BCUT2D eigenvalue weighted by molar-refractivity contribution is -0.115. The van der Waals surface area contributed by atoms with Crippen LogP contribution in [0.2, 0.25) is 0 Å². The molecule has 2 rings (SSSR count). The van der Waals surface area contributed by atoms with E-state index in [1.165, 1.54) is 11.8 Å². The minimum Gasteiger partial charge on any atom is -0.339 e. The molecule has 2 aromatic rings. The van der Waals surface area contributed by atoms with Gasteiger partial charge in [0.05, 0.1) is 10.6 Å². The average molecular weight is 410 g/mol. The van der Waals surface area contributed by atoms with Gasteiger partial charge in [-0.05, 0) is 55.1 Å². The molecule has 0 aromatic heterocycles. The number of amides is 2. The standard InChI is InChI=1S/C18H19FN2O4S2/c1-12(27(24,25)14-10-8-13(19)9-11-14)17(22)20-15-6-4-5-7-16(15)26-18(23)21(2)3/h4-12H,1-3H3,(H,20,22). The van der Waals surface area contributed by atoms with Gasteiger partial charge in [0.1, 0.15) is 11.1 Å². The van der Waals surface area contributed by atoms with Crippen molar-refractivity contribution in [3.63, 3.8) is 0 Å². The molecule has 9 heteroatoms. The number of halogens is 1. The average Bonchev–Trinajstić information content (AvgIpc) is 2.62. The number of hydrogen-bond donors (Lipinski definition) is 1. The van der Waals surface area contributed by atoms with Crippen molar-refractivity contribution in [2.24, 2.45) is 0 Å². The molecular weight excluding hydrogens is 391 g/mol. The van der Waals surface area contributed by atoms with E-state index < -0.39 is 26.8 Å². The summed E-state index contributed by atoms with van der Waals surface area (Å²) < 4.78 is 38.2. The predicted molar refractivity (Wildman–Crippen MR) is 103 cm³/mol. The molecule has 0 aliphatic carbocycles. The molecule has 1 unspecified atom stereocenters. The molecule has 0 radical (unpaired) electrons. The van der Waals surface area contributed by atoms with E-state index >= 15 is 0 Å². The fourth-order valence-corrected chi connectivity index (χ4v) is 4.06. The Hall–Kier alpha value is -2.39. The van der Waals surface area contributed by atoms with Gasteiger partial charge in [-0.25, -0.2) is 12.8 Å². The maximum atomic E-state index is 13.0. The Labute approximate surface area is 161 Å². The third-order valence-electron chi connectivity index (χ3n) is 3.68. The number of carbonyl (C=O) groups excluding carboxylic acids is 2. The van der Waals surface area contributed by atoms with Crippen molar-refractivity contribution in [1.29, 1.82) is 0 Å². The molecule has 144 valence electrons. The quantitative estimate of drug-likeness (QED) is 0.603. The molecule has 1 atom stereocenters. The van der Waals surface area contributed by atoms with E-state index in [1.54, 1.807) is 38.4 Å². The third-order valence-corrected chi connectivity index (χ3v) is 6.87. The molecule has 1 N–H and O–H groups in total. The summed E-state index contributed by atoms with van der Waals surface area (Å²) in [6.45, 7) is 1.26. The molecule has 0 spiro atoms. The molecule has 0 aliphatic rings. The molecule has 0 saturated heterocycles. The van der Waals surface area contributed by atoms with Gasteiger partial charge >= 0.3 is 0 Å². The van der Waals surface area contributed by atoms with Crippen molar-refractivity contribution in [1.82, 2.24) is 4.90 Å². The first-order valence-corrected chi connectivity index (χ1v) is 10.3. The molecular formula is C18H19FN2O4S2. The number of anilines is 1. The van der Waals surface area contributed by atoms with Gasteiger partial charge in [-0.3, -0.25) is 9.59 Å². The predicted octanol–water partition coefficient (Wildman–Crippen LogP) is 3.40. The second kappa shape index (κ2) is 8.53. The highest BCUT2D eigenvalue weighted by atomic mass is 32.2. The number of nitrogens with one attached hydrogen (secondary N) is 1. The maximum absolute atomic E-state index is 13.0. The minimum atomic E-state index is -3.99. The zero-order chi connectivity index (χ0) is 20.2. The normalized spacial score (nSPS) is 12.3. The molecule has 2 aromatic carbocycles. The number of nitrogens with zero attached hydrogens (tertiary/aromatic N) is 1. The summed E-state index contributed by atoms with van der Waals surface area (Å²) in [6, 6.07) is 10.9. The van der Waals surface area contributed by atoms with Crippen LogP contribution in [0.3, 0.4) is 0 Å². The lowest BCUT2D eigenvalue weighted by Crippen LogP contribution is -2.32. The third kappa shape index (κ3) is 5.08. The molecule has 0 saturated carbocycles. The van der Waals surface area contributed by atoms with Crippen LogP contribution in [-0.2, 0) is 14.6 Å². The molecule has 27 heavy (non-hydrogen) atoms. The van der Waals surface area contributed by atoms with Crippen LogP contribution in [0.5, 0.6) is 0 Å². The fourth-order valence-electron chi connectivity index (χ4n) is 2.05. The number of sulfone groups is 1. The van der Waals surface area contributed by atoms with E-state index in [1.807, 2.05) is 0 Å². The van der Waals surface area contributed by atoms with Gasteiger partial charge in [0.25, 0.3) is 5.24 Å². The first-order valence-electron chi connectivity index (χ1n) is 7.91. The first kappa shape index (κ1) is 20.9. The number of para-hydroxylation sites is 1. The number of thioether (sulfide) groups is 1. The van der Waals surface area contributed by atoms with Gasteiger partial charge in [0.2, 0.25) is 5.91 Å². The number of benzene rings is 2. The van der Waals surface area contributed by atoms with Gasteiger partial charge in [0.15, 0.2) is 9.84 Å². The first-order chi connectivity index (χ1) is 12.6. The van der Waals surface area contributed by atoms with Crippen LogP contribution in [0.25, 0.3) is 0 Å². The SMILES string of the molecule is CC(C(=O)Nc1ccccc1SC(=O)N(C)C)S(=O)(=O)c1ccc(F)cc1. The Morgan fingerprint density at radius 1 is 1.07 bits per heavy atom. The zero-order valence-electron chi connectivity index (χ0n) is 15.0. The number of hydrogen-bond acceptors (Lipinski definition) is 5. The van der Waals surface area contributed by atoms with E-state index in [-0.39, 0.29) is 10.1 Å². The van der Waals surface area contributed by atoms with Crippen LogP contribution < -0.4 is 5.32 Å². The second-order valence-electron chi connectivity index (χ2n) is 5.89. The Morgan fingerprint density at radius 2 is 1.67 bits per heavy atom. The Morgan fingerprint density at radius 3 is 2.26 bits per heavy atom. The summed E-state index contributed by atoms with van der Waals surface area (Å²) in [5.74, 6) is -1.31. The van der Waals surface area contributed by atoms with Gasteiger partial charge in [-0.1, -0.05) is 12.1 Å². The van der Waals surface area contributed by atoms with Crippen molar-refractivity contribution in [3.05, 3.63) is 54.3 Å². The van der Waals surface area contributed by atoms with Gasteiger partial charge in [-0.2, -0.15) is 0 Å². The van der Waals surface area contributed by atoms with Crippen LogP contribution in [-0.4, -0.2) is 43.8 Å². The summed E-state index contributed by atoms with van der Waals surface area (Å²) in [7, 11) is -0.775. The van der Waals surface area contributed by atoms with Gasteiger partial charge in [0, 0.05) is 19.0 Å². The van der Waals surface area contributed by atoms with E-state index in [9.17, 15) is 22.4 Å². The molecule has 2 amide bonds. The van der Waals surface area contributed by atoms with Crippen molar-refractivity contribution in [2.45, 2.75) is 22.0 Å². The fraction of sp³-hybridized carbons (Fsp3) is 0.222.